The zero-order valence-corrected chi connectivity index (χ0v) is 11.3. The van der Waals surface area contributed by atoms with Gasteiger partial charge in [0.1, 0.15) is 0 Å². The normalized spacial score (nSPS) is 48.0. The minimum atomic E-state index is 0.427. The molecule has 3 aliphatic rings. The molecule has 0 amide bonds. The summed E-state index contributed by atoms with van der Waals surface area (Å²) in [6.07, 6.45) is 9.07. The van der Waals surface area contributed by atoms with E-state index in [4.69, 9.17) is 4.74 Å². The van der Waals surface area contributed by atoms with Crippen LogP contribution >= 0.6 is 0 Å². The van der Waals surface area contributed by atoms with E-state index in [2.05, 4.69) is 20.8 Å². The first-order valence-electron chi connectivity index (χ1n) is 7.02. The van der Waals surface area contributed by atoms with E-state index in [1.807, 2.05) is 7.11 Å². The molecule has 1 heteroatoms. The largest absolute Gasteiger partial charge is 0.380 e. The van der Waals surface area contributed by atoms with E-state index in [0.717, 1.165) is 5.92 Å². The molecule has 3 unspecified atom stereocenters. The lowest BCUT2D eigenvalue weighted by Crippen LogP contribution is -2.44. The molecule has 3 fully saturated rings. The average molecular weight is 222 g/mol. The van der Waals surface area contributed by atoms with Crippen LogP contribution in [-0.2, 0) is 4.74 Å². The fourth-order valence-corrected chi connectivity index (χ4v) is 5.96. The van der Waals surface area contributed by atoms with Crippen LogP contribution in [0.25, 0.3) is 0 Å². The molecular formula is C15H26O. The summed E-state index contributed by atoms with van der Waals surface area (Å²) in [5.74, 6) is 0.914. The molecular weight excluding hydrogens is 196 g/mol. The molecule has 0 heterocycles. The highest BCUT2D eigenvalue weighted by Gasteiger charge is 2.72. The van der Waals surface area contributed by atoms with Crippen molar-refractivity contribution in [2.45, 2.75) is 65.4 Å². The lowest BCUT2D eigenvalue weighted by Gasteiger charge is -2.44. The van der Waals surface area contributed by atoms with Crippen molar-refractivity contribution in [3.63, 3.8) is 0 Å². The molecule has 1 spiro atoms. The molecule has 0 saturated heterocycles. The van der Waals surface area contributed by atoms with Gasteiger partial charge in [0.2, 0.25) is 0 Å². The standard InChI is InChI=1S/C15H26O/c1-13(2)11-7-10-14(13,3)12(16-4)15(11)8-5-6-9-15/h11-12H,5-10H2,1-4H3. The van der Waals surface area contributed by atoms with Gasteiger partial charge in [-0.05, 0) is 42.4 Å². The second-order valence-corrected chi connectivity index (χ2v) is 7.29. The molecule has 92 valence electrons. The maximum Gasteiger partial charge on any atom is 0.0689 e. The number of hydrogen-bond donors (Lipinski definition) is 0. The number of rotatable bonds is 1. The minimum absolute atomic E-state index is 0.427. The molecule has 0 N–H and O–H groups in total. The fraction of sp³-hybridized carbons (Fsp3) is 1.00. The first-order chi connectivity index (χ1) is 7.49. The summed E-state index contributed by atoms with van der Waals surface area (Å²) in [6.45, 7) is 7.50. The Morgan fingerprint density at radius 2 is 1.62 bits per heavy atom. The maximum absolute atomic E-state index is 6.02. The Balaban J connectivity index is 2.09. The smallest absolute Gasteiger partial charge is 0.0689 e. The van der Waals surface area contributed by atoms with E-state index in [-0.39, 0.29) is 0 Å². The summed E-state index contributed by atoms with van der Waals surface area (Å²) in [6, 6.07) is 0. The van der Waals surface area contributed by atoms with E-state index in [1.54, 1.807) is 0 Å². The third-order valence-electron chi connectivity index (χ3n) is 6.86. The van der Waals surface area contributed by atoms with Crippen LogP contribution in [0.5, 0.6) is 0 Å². The molecule has 16 heavy (non-hydrogen) atoms. The summed E-state index contributed by atoms with van der Waals surface area (Å²) in [5.41, 5.74) is 1.46. The maximum atomic E-state index is 6.02. The summed E-state index contributed by atoms with van der Waals surface area (Å²) in [7, 11) is 1.95. The minimum Gasteiger partial charge on any atom is -0.380 e. The van der Waals surface area contributed by atoms with Gasteiger partial charge in [-0.15, -0.1) is 0 Å². The molecule has 2 bridgehead atoms. The molecule has 3 atom stereocenters. The molecule has 3 saturated carbocycles. The Kier molecular flexibility index (Phi) is 2.11. The van der Waals surface area contributed by atoms with Gasteiger partial charge in [0, 0.05) is 12.5 Å². The first kappa shape index (κ1) is 11.1. The molecule has 3 aliphatic carbocycles. The highest BCUT2D eigenvalue weighted by molar-refractivity contribution is 5.21. The topological polar surface area (TPSA) is 9.23 Å². The van der Waals surface area contributed by atoms with E-state index in [9.17, 15) is 0 Å². The van der Waals surface area contributed by atoms with Crippen LogP contribution in [0.1, 0.15) is 59.3 Å². The van der Waals surface area contributed by atoms with Crippen LogP contribution in [0.4, 0.5) is 0 Å². The van der Waals surface area contributed by atoms with Crippen LogP contribution in [0, 0.1) is 22.2 Å². The lowest BCUT2D eigenvalue weighted by atomic mass is 9.66. The zero-order valence-electron chi connectivity index (χ0n) is 11.3. The van der Waals surface area contributed by atoms with Gasteiger partial charge in [0.25, 0.3) is 0 Å². The Labute approximate surface area is 99.9 Å². The molecule has 1 nitrogen and oxygen atoms in total. The molecule has 0 aromatic heterocycles. The molecule has 0 aromatic carbocycles. The van der Waals surface area contributed by atoms with Gasteiger partial charge >= 0.3 is 0 Å². The summed E-state index contributed by atoms with van der Waals surface area (Å²) in [4.78, 5) is 0. The monoisotopic (exact) mass is 222 g/mol. The van der Waals surface area contributed by atoms with Crippen LogP contribution in [0.2, 0.25) is 0 Å². The van der Waals surface area contributed by atoms with Gasteiger partial charge in [-0.25, -0.2) is 0 Å². The lowest BCUT2D eigenvalue weighted by molar-refractivity contribution is -0.0836. The Morgan fingerprint density at radius 1 is 1.00 bits per heavy atom. The molecule has 0 radical (unpaired) electrons. The summed E-state index contributed by atoms with van der Waals surface area (Å²) in [5, 5.41) is 0. The van der Waals surface area contributed by atoms with Crippen molar-refractivity contribution >= 4 is 0 Å². The van der Waals surface area contributed by atoms with Crippen LogP contribution in [0.3, 0.4) is 0 Å². The second-order valence-electron chi connectivity index (χ2n) is 7.29. The average Bonchev–Trinajstić information content (AvgIpc) is 2.78. The SMILES string of the molecule is COC1C2(CCCC2)C2CCC1(C)C2(C)C. The van der Waals surface area contributed by atoms with E-state index < -0.39 is 0 Å². The van der Waals surface area contributed by atoms with Gasteiger partial charge in [-0.1, -0.05) is 33.6 Å². The predicted molar refractivity (Wildman–Crippen MR) is 66.3 cm³/mol. The van der Waals surface area contributed by atoms with Crippen LogP contribution < -0.4 is 0 Å². The zero-order chi connectivity index (χ0) is 11.6. The van der Waals surface area contributed by atoms with Crippen LogP contribution in [0.15, 0.2) is 0 Å². The van der Waals surface area contributed by atoms with Crippen molar-refractivity contribution < 1.29 is 4.74 Å². The Morgan fingerprint density at radius 3 is 2.19 bits per heavy atom. The fourth-order valence-electron chi connectivity index (χ4n) is 5.96. The van der Waals surface area contributed by atoms with Crippen molar-refractivity contribution in [2.75, 3.05) is 7.11 Å². The number of hydrogen-bond acceptors (Lipinski definition) is 1. The third kappa shape index (κ3) is 0.939. The van der Waals surface area contributed by atoms with Crippen molar-refractivity contribution in [3.8, 4) is 0 Å². The van der Waals surface area contributed by atoms with E-state index in [0.29, 0.717) is 22.3 Å². The molecule has 0 aromatic rings. The summed E-state index contributed by atoms with van der Waals surface area (Å²) < 4.78 is 6.02. The van der Waals surface area contributed by atoms with Gasteiger partial charge in [0.05, 0.1) is 6.10 Å². The highest BCUT2D eigenvalue weighted by atomic mass is 16.5. The van der Waals surface area contributed by atoms with Crippen molar-refractivity contribution in [2.24, 2.45) is 22.2 Å². The Bertz CT molecular complexity index is 301. The van der Waals surface area contributed by atoms with Crippen LogP contribution in [-0.4, -0.2) is 13.2 Å². The predicted octanol–water partition coefficient (Wildman–Crippen LogP) is 4.02. The quantitative estimate of drug-likeness (QED) is 0.651. The molecule has 3 rings (SSSR count). The third-order valence-corrected chi connectivity index (χ3v) is 6.86. The highest BCUT2D eigenvalue weighted by Crippen LogP contribution is 2.76. The first-order valence-corrected chi connectivity index (χ1v) is 7.02. The van der Waals surface area contributed by atoms with Gasteiger partial charge < -0.3 is 4.74 Å². The Hall–Kier alpha value is -0.0400. The van der Waals surface area contributed by atoms with Crippen molar-refractivity contribution in [1.29, 1.82) is 0 Å². The van der Waals surface area contributed by atoms with E-state index >= 15 is 0 Å². The number of ether oxygens (including phenoxy) is 1. The van der Waals surface area contributed by atoms with Crippen molar-refractivity contribution in [3.05, 3.63) is 0 Å². The van der Waals surface area contributed by atoms with Gasteiger partial charge in [-0.2, -0.15) is 0 Å². The second kappa shape index (κ2) is 3.04. The van der Waals surface area contributed by atoms with E-state index in [1.165, 1.54) is 38.5 Å². The molecule has 0 aliphatic heterocycles. The number of fused-ring (bicyclic) bond motifs is 3. The number of methoxy groups -OCH3 is 1. The summed E-state index contributed by atoms with van der Waals surface area (Å²) >= 11 is 0. The van der Waals surface area contributed by atoms with Gasteiger partial charge in [-0.3, -0.25) is 0 Å². The van der Waals surface area contributed by atoms with Gasteiger partial charge in [0.15, 0.2) is 0 Å². The van der Waals surface area contributed by atoms with Crippen molar-refractivity contribution in [1.82, 2.24) is 0 Å².